The molecule has 1 fully saturated rings. The third kappa shape index (κ3) is 3.03. The summed E-state index contributed by atoms with van der Waals surface area (Å²) in [5.41, 5.74) is 1.03. The maximum atomic E-state index is 14.1. The van der Waals surface area contributed by atoms with Gasteiger partial charge in [-0.3, -0.25) is 0 Å². The molecule has 1 aliphatic carbocycles. The molecule has 1 heterocycles. The summed E-state index contributed by atoms with van der Waals surface area (Å²) in [6.07, 6.45) is 2.56. The SMILES string of the molecule is CCNCc1sc2cccc(F)c2c1COCC1CC1. The topological polar surface area (TPSA) is 21.3 Å². The first-order valence-corrected chi connectivity index (χ1v) is 8.08. The lowest BCUT2D eigenvalue weighted by Crippen LogP contribution is -2.12. The lowest BCUT2D eigenvalue weighted by Gasteiger charge is -2.07. The lowest BCUT2D eigenvalue weighted by molar-refractivity contribution is 0.111. The smallest absolute Gasteiger partial charge is 0.132 e. The second kappa shape index (κ2) is 6.20. The van der Waals surface area contributed by atoms with E-state index in [0.717, 1.165) is 41.3 Å². The van der Waals surface area contributed by atoms with Crippen LogP contribution in [0.5, 0.6) is 0 Å². The summed E-state index contributed by atoms with van der Waals surface area (Å²) in [5, 5.41) is 4.08. The van der Waals surface area contributed by atoms with Crippen LogP contribution in [0.2, 0.25) is 0 Å². The van der Waals surface area contributed by atoms with E-state index in [0.29, 0.717) is 6.61 Å². The number of ether oxygens (including phenoxy) is 1. The normalized spacial score (nSPS) is 15.1. The second-order valence-electron chi connectivity index (χ2n) is 5.36. The predicted molar refractivity (Wildman–Crippen MR) is 81.5 cm³/mol. The molecule has 0 amide bonds. The van der Waals surface area contributed by atoms with Crippen LogP contribution in [-0.2, 0) is 17.9 Å². The predicted octanol–water partition coefficient (Wildman–Crippen LogP) is 4.08. The molecule has 0 aliphatic heterocycles. The van der Waals surface area contributed by atoms with Crippen LogP contribution in [0.15, 0.2) is 18.2 Å². The van der Waals surface area contributed by atoms with Crippen LogP contribution < -0.4 is 5.32 Å². The molecule has 2 nitrogen and oxygen atoms in total. The Morgan fingerprint density at radius 1 is 1.40 bits per heavy atom. The van der Waals surface area contributed by atoms with Crippen LogP contribution in [0.3, 0.4) is 0 Å². The molecule has 0 unspecified atom stereocenters. The molecule has 2 aromatic rings. The van der Waals surface area contributed by atoms with Crippen molar-refractivity contribution in [2.45, 2.75) is 32.9 Å². The highest BCUT2D eigenvalue weighted by molar-refractivity contribution is 7.19. The quantitative estimate of drug-likeness (QED) is 0.830. The largest absolute Gasteiger partial charge is 0.376 e. The van der Waals surface area contributed by atoms with E-state index in [1.807, 2.05) is 6.07 Å². The van der Waals surface area contributed by atoms with E-state index in [4.69, 9.17) is 4.74 Å². The summed E-state index contributed by atoms with van der Waals surface area (Å²) in [4.78, 5) is 1.20. The van der Waals surface area contributed by atoms with Crippen molar-refractivity contribution in [2.75, 3.05) is 13.2 Å². The fourth-order valence-corrected chi connectivity index (χ4v) is 3.56. The number of thiophene rings is 1. The Hall–Kier alpha value is -0.970. The molecule has 108 valence electrons. The number of benzene rings is 1. The highest BCUT2D eigenvalue weighted by Crippen LogP contribution is 2.35. The van der Waals surface area contributed by atoms with E-state index in [1.54, 1.807) is 17.4 Å². The second-order valence-corrected chi connectivity index (χ2v) is 6.49. The summed E-state index contributed by atoms with van der Waals surface area (Å²) in [7, 11) is 0. The standard InChI is InChI=1S/C16H20FNOS/c1-2-18-8-15-12(10-19-9-11-6-7-11)16-13(17)4-3-5-14(16)20-15/h3-5,11,18H,2,6-10H2,1H3. The van der Waals surface area contributed by atoms with Crippen LogP contribution in [0.1, 0.15) is 30.2 Å². The van der Waals surface area contributed by atoms with E-state index in [-0.39, 0.29) is 5.82 Å². The van der Waals surface area contributed by atoms with E-state index < -0.39 is 0 Å². The zero-order valence-electron chi connectivity index (χ0n) is 11.7. The van der Waals surface area contributed by atoms with Crippen molar-refractivity contribution in [3.63, 3.8) is 0 Å². The van der Waals surface area contributed by atoms with Crippen molar-refractivity contribution < 1.29 is 9.13 Å². The van der Waals surface area contributed by atoms with Crippen LogP contribution in [0, 0.1) is 11.7 Å². The van der Waals surface area contributed by atoms with Crippen molar-refractivity contribution in [2.24, 2.45) is 5.92 Å². The summed E-state index contributed by atoms with van der Waals surface area (Å²) in [6, 6.07) is 5.30. The van der Waals surface area contributed by atoms with E-state index in [2.05, 4.69) is 12.2 Å². The Morgan fingerprint density at radius 2 is 2.25 bits per heavy atom. The fourth-order valence-electron chi connectivity index (χ4n) is 2.36. The average molecular weight is 293 g/mol. The minimum atomic E-state index is -0.133. The molecule has 4 heteroatoms. The number of nitrogens with one attached hydrogen (secondary N) is 1. The van der Waals surface area contributed by atoms with Gasteiger partial charge in [0.15, 0.2) is 0 Å². The first-order chi connectivity index (χ1) is 9.79. The molecule has 1 N–H and O–H groups in total. The average Bonchev–Trinajstić information content (AvgIpc) is 3.19. The van der Waals surface area contributed by atoms with Crippen LogP contribution >= 0.6 is 11.3 Å². The number of rotatable bonds is 7. The van der Waals surface area contributed by atoms with Crippen molar-refractivity contribution in [1.82, 2.24) is 5.32 Å². The van der Waals surface area contributed by atoms with Gasteiger partial charge in [0.05, 0.1) is 6.61 Å². The van der Waals surface area contributed by atoms with Crippen LogP contribution in [0.25, 0.3) is 10.1 Å². The zero-order valence-corrected chi connectivity index (χ0v) is 12.6. The van der Waals surface area contributed by atoms with E-state index in [1.165, 1.54) is 23.8 Å². The summed E-state index contributed by atoms with van der Waals surface area (Å²) in [6.45, 7) is 5.12. The van der Waals surface area contributed by atoms with Crippen molar-refractivity contribution in [3.8, 4) is 0 Å². The minimum Gasteiger partial charge on any atom is -0.376 e. The number of hydrogen-bond acceptors (Lipinski definition) is 3. The Bertz CT molecular complexity index is 591. The molecular weight excluding hydrogens is 273 g/mol. The molecule has 1 aromatic heterocycles. The third-order valence-corrected chi connectivity index (χ3v) is 4.88. The fraction of sp³-hybridized carbons (Fsp3) is 0.500. The number of hydrogen-bond donors (Lipinski definition) is 1. The van der Waals surface area contributed by atoms with Crippen molar-refractivity contribution in [3.05, 3.63) is 34.5 Å². The monoisotopic (exact) mass is 293 g/mol. The molecule has 0 radical (unpaired) electrons. The van der Waals surface area contributed by atoms with Gasteiger partial charge in [-0.05, 0) is 37.4 Å². The van der Waals surface area contributed by atoms with Gasteiger partial charge in [0.25, 0.3) is 0 Å². The summed E-state index contributed by atoms with van der Waals surface area (Å²) >= 11 is 1.67. The number of halogens is 1. The molecule has 0 saturated heterocycles. The number of fused-ring (bicyclic) bond motifs is 1. The first-order valence-electron chi connectivity index (χ1n) is 7.26. The third-order valence-electron chi connectivity index (χ3n) is 3.68. The molecule has 3 rings (SSSR count). The van der Waals surface area contributed by atoms with Gasteiger partial charge >= 0.3 is 0 Å². The van der Waals surface area contributed by atoms with Crippen LogP contribution in [-0.4, -0.2) is 13.2 Å². The molecule has 0 spiro atoms. The van der Waals surface area contributed by atoms with Gasteiger partial charge in [0.1, 0.15) is 5.82 Å². The van der Waals surface area contributed by atoms with Crippen LogP contribution in [0.4, 0.5) is 4.39 Å². The van der Waals surface area contributed by atoms with Gasteiger partial charge in [0.2, 0.25) is 0 Å². The van der Waals surface area contributed by atoms with Crippen molar-refractivity contribution >= 4 is 21.4 Å². The van der Waals surface area contributed by atoms with Crippen molar-refractivity contribution in [1.29, 1.82) is 0 Å². The maximum absolute atomic E-state index is 14.1. The highest BCUT2D eigenvalue weighted by Gasteiger charge is 2.22. The molecule has 1 aromatic carbocycles. The zero-order chi connectivity index (χ0) is 13.9. The Balaban J connectivity index is 1.86. The molecule has 1 saturated carbocycles. The Labute approximate surface area is 122 Å². The van der Waals surface area contributed by atoms with Gasteiger partial charge < -0.3 is 10.1 Å². The molecule has 1 aliphatic rings. The Kier molecular flexibility index (Phi) is 4.34. The van der Waals surface area contributed by atoms with Gasteiger partial charge in [-0.1, -0.05) is 13.0 Å². The maximum Gasteiger partial charge on any atom is 0.132 e. The summed E-state index contributed by atoms with van der Waals surface area (Å²) in [5.74, 6) is 0.605. The minimum absolute atomic E-state index is 0.133. The van der Waals surface area contributed by atoms with Gasteiger partial charge in [0, 0.05) is 33.7 Å². The van der Waals surface area contributed by atoms with Gasteiger partial charge in [-0.15, -0.1) is 11.3 Å². The highest BCUT2D eigenvalue weighted by atomic mass is 32.1. The lowest BCUT2D eigenvalue weighted by atomic mass is 10.1. The van der Waals surface area contributed by atoms with Gasteiger partial charge in [-0.2, -0.15) is 0 Å². The molecular formula is C16H20FNOS. The van der Waals surface area contributed by atoms with Gasteiger partial charge in [-0.25, -0.2) is 4.39 Å². The molecule has 0 bridgehead atoms. The molecule has 0 atom stereocenters. The van der Waals surface area contributed by atoms with E-state index in [9.17, 15) is 4.39 Å². The molecule has 20 heavy (non-hydrogen) atoms. The van der Waals surface area contributed by atoms with E-state index >= 15 is 0 Å². The Morgan fingerprint density at radius 3 is 3.00 bits per heavy atom. The first kappa shape index (κ1) is 14.0. The summed E-state index contributed by atoms with van der Waals surface area (Å²) < 4.78 is 20.9.